The van der Waals surface area contributed by atoms with Crippen LogP contribution in [0.4, 0.5) is 5.82 Å². The van der Waals surface area contributed by atoms with E-state index in [4.69, 9.17) is 11.6 Å². The molecule has 2 heterocycles. The van der Waals surface area contributed by atoms with Crippen LogP contribution >= 0.6 is 11.6 Å². The molecule has 0 aromatic carbocycles. The van der Waals surface area contributed by atoms with Gasteiger partial charge in [0.05, 0.1) is 17.3 Å². The van der Waals surface area contributed by atoms with Crippen LogP contribution in [0.5, 0.6) is 0 Å². The van der Waals surface area contributed by atoms with E-state index >= 15 is 0 Å². The monoisotopic (exact) mass is 277 g/mol. The number of rotatable bonds is 5. The Morgan fingerprint density at radius 1 is 1.21 bits per heavy atom. The first-order chi connectivity index (χ1) is 9.24. The van der Waals surface area contributed by atoms with Crippen molar-refractivity contribution in [2.24, 2.45) is 0 Å². The van der Waals surface area contributed by atoms with E-state index in [0.29, 0.717) is 10.7 Å². The summed E-state index contributed by atoms with van der Waals surface area (Å²) >= 11 is 5.96. The maximum absolute atomic E-state index is 9.21. The molecule has 0 unspecified atom stereocenters. The highest BCUT2D eigenvalue weighted by atomic mass is 35.5. The molecule has 4 nitrogen and oxygen atoms in total. The first-order valence-electron chi connectivity index (χ1n) is 6.14. The molecular formula is C14H16ClN3O. The third-order valence-electron chi connectivity index (χ3n) is 2.88. The fraction of sp³-hybridized carbons (Fsp3) is 0.286. The number of anilines is 1. The van der Waals surface area contributed by atoms with Crippen molar-refractivity contribution in [3.8, 4) is 0 Å². The number of aromatic nitrogens is 2. The van der Waals surface area contributed by atoms with Crippen LogP contribution in [0.25, 0.3) is 0 Å². The van der Waals surface area contributed by atoms with Crippen LogP contribution < -0.4 is 4.90 Å². The highest BCUT2D eigenvalue weighted by Crippen LogP contribution is 2.20. The van der Waals surface area contributed by atoms with Crippen LogP contribution in [0.1, 0.15) is 18.2 Å². The van der Waals surface area contributed by atoms with Crippen molar-refractivity contribution in [1.29, 1.82) is 0 Å². The van der Waals surface area contributed by atoms with E-state index in [-0.39, 0.29) is 6.61 Å². The third kappa shape index (κ3) is 3.43. The molecule has 2 aromatic heterocycles. The maximum Gasteiger partial charge on any atom is 0.129 e. The van der Waals surface area contributed by atoms with Gasteiger partial charge in [0.2, 0.25) is 0 Å². The van der Waals surface area contributed by atoms with E-state index in [1.165, 1.54) is 5.56 Å². The molecule has 0 aliphatic heterocycles. The first kappa shape index (κ1) is 13.8. The molecule has 0 atom stereocenters. The Kier molecular flexibility index (Phi) is 4.71. The van der Waals surface area contributed by atoms with Crippen molar-refractivity contribution >= 4 is 17.4 Å². The molecule has 0 amide bonds. The molecule has 0 saturated carbocycles. The van der Waals surface area contributed by atoms with Gasteiger partial charge >= 0.3 is 0 Å². The molecule has 1 N–H and O–H groups in total. The fourth-order valence-corrected chi connectivity index (χ4v) is 1.99. The second kappa shape index (κ2) is 6.50. The summed E-state index contributed by atoms with van der Waals surface area (Å²) in [5.74, 6) is 0.813. The summed E-state index contributed by atoms with van der Waals surface area (Å²) in [6.45, 7) is 3.48. The van der Waals surface area contributed by atoms with Crippen molar-refractivity contribution in [2.45, 2.75) is 20.1 Å². The summed E-state index contributed by atoms with van der Waals surface area (Å²) in [7, 11) is 0. The molecule has 19 heavy (non-hydrogen) atoms. The zero-order chi connectivity index (χ0) is 13.7. The molecule has 0 aliphatic carbocycles. The van der Waals surface area contributed by atoms with Gasteiger partial charge < -0.3 is 10.0 Å². The number of hydrogen-bond donors (Lipinski definition) is 1. The predicted molar refractivity (Wildman–Crippen MR) is 76.1 cm³/mol. The lowest BCUT2D eigenvalue weighted by molar-refractivity contribution is 0.277. The van der Waals surface area contributed by atoms with Crippen LogP contribution in [-0.2, 0) is 13.2 Å². The van der Waals surface area contributed by atoms with Gasteiger partial charge in [0, 0.05) is 25.5 Å². The lowest BCUT2D eigenvalue weighted by Crippen LogP contribution is -2.23. The Balaban J connectivity index is 2.22. The van der Waals surface area contributed by atoms with Crippen molar-refractivity contribution in [2.75, 3.05) is 11.4 Å². The Morgan fingerprint density at radius 3 is 2.58 bits per heavy atom. The van der Waals surface area contributed by atoms with Crippen LogP contribution in [0.3, 0.4) is 0 Å². The van der Waals surface area contributed by atoms with E-state index in [2.05, 4.69) is 21.8 Å². The molecule has 0 aliphatic rings. The van der Waals surface area contributed by atoms with E-state index in [1.54, 1.807) is 18.5 Å². The van der Waals surface area contributed by atoms with Crippen molar-refractivity contribution in [3.63, 3.8) is 0 Å². The lowest BCUT2D eigenvalue weighted by Gasteiger charge is -2.22. The van der Waals surface area contributed by atoms with Gasteiger partial charge in [-0.3, -0.25) is 4.98 Å². The third-order valence-corrected chi connectivity index (χ3v) is 3.23. The quantitative estimate of drug-likeness (QED) is 0.913. The van der Waals surface area contributed by atoms with Gasteiger partial charge in [0.15, 0.2) is 0 Å². The smallest absolute Gasteiger partial charge is 0.129 e. The molecule has 0 radical (unpaired) electrons. The second-order valence-corrected chi connectivity index (χ2v) is 4.53. The minimum Gasteiger partial charge on any atom is -0.390 e. The van der Waals surface area contributed by atoms with Crippen molar-refractivity contribution in [1.82, 2.24) is 9.97 Å². The first-order valence-corrected chi connectivity index (χ1v) is 6.52. The van der Waals surface area contributed by atoms with Gasteiger partial charge in [-0.2, -0.15) is 0 Å². The number of hydrogen-bond acceptors (Lipinski definition) is 4. The molecule has 0 bridgehead atoms. The number of nitrogens with zero attached hydrogens (tertiary/aromatic N) is 3. The minimum atomic E-state index is -0.153. The summed E-state index contributed by atoms with van der Waals surface area (Å²) in [5, 5.41) is 9.71. The summed E-state index contributed by atoms with van der Waals surface area (Å²) in [6.07, 6.45) is 3.55. The van der Waals surface area contributed by atoms with Crippen LogP contribution in [0.15, 0.2) is 36.7 Å². The van der Waals surface area contributed by atoms with Gasteiger partial charge in [-0.05, 0) is 36.8 Å². The molecule has 0 saturated heterocycles. The van der Waals surface area contributed by atoms with Gasteiger partial charge in [0.1, 0.15) is 5.82 Å². The average Bonchev–Trinajstić information content (AvgIpc) is 2.46. The van der Waals surface area contributed by atoms with Crippen molar-refractivity contribution in [3.05, 3.63) is 52.9 Å². The summed E-state index contributed by atoms with van der Waals surface area (Å²) in [6, 6.07) is 7.59. The zero-order valence-electron chi connectivity index (χ0n) is 10.8. The molecule has 2 rings (SSSR count). The van der Waals surface area contributed by atoms with E-state index in [0.717, 1.165) is 18.9 Å². The molecule has 2 aromatic rings. The average molecular weight is 278 g/mol. The second-order valence-electron chi connectivity index (χ2n) is 4.13. The van der Waals surface area contributed by atoms with Crippen molar-refractivity contribution < 1.29 is 5.11 Å². The highest BCUT2D eigenvalue weighted by Gasteiger charge is 2.09. The zero-order valence-corrected chi connectivity index (χ0v) is 11.5. The van der Waals surface area contributed by atoms with Gasteiger partial charge in [-0.15, -0.1) is 0 Å². The summed E-state index contributed by atoms with van der Waals surface area (Å²) in [5.41, 5.74) is 1.67. The summed E-state index contributed by atoms with van der Waals surface area (Å²) < 4.78 is 0. The molecule has 100 valence electrons. The van der Waals surface area contributed by atoms with E-state index < -0.39 is 0 Å². The summed E-state index contributed by atoms with van der Waals surface area (Å²) in [4.78, 5) is 10.5. The number of aliphatic hydroxyl groups is 1. The Hall–Kier alpha value is -1.65. The molecule has 5 heteroatoms. The number of aliphatic hydroxyl groups excluding tert-OH is 1. The molecule has 0 spiro atoms. The minimum absolute atomic E-state index is 0.153. The number of halogens is 1. The van der Waals surface area contributed by atoms with E-state index in [1.807, 2.05) is 18.2 Å². The molecule has 0 fully saturated rings. The van der Waals surface area contributed by atoms with E-state index in [9.17, 15) is 5.11 Å². The normalized spacial score (nSPS) is 10.5. The maximum atomic E-state index is 9.21. The van der Waals surface area contributed by atoms with Crippen LogP contribution in [-0.4, -0.2) is 21.6 Å². The van der Waals surface area contributed by atoms with Gasteiger partial charge in [0.25, 0.3) is 0 Å². The lowest BCUT2D eigenvalue weighted by atomic mass is 10.2. The topological polar surface area (TPSA) is 49.2 Å². The molecular weight excluding hydrogens is 262 g/mol. The highest BCUT2D eigenvalue weighted by molar-refractivity contribution is 6.31. The van der Waals surface area contributed by atoms with Crippen LogP contribution in [0, 0.1) is 0 Å². The van der Waals surface area contributed by atoms with Gasteiger partial charge in [-0.1, -0.05) is 11.6 Å². The number of pyridine rings is 2. The Labute approximate surface area is 117 Å². The predicted octanol–water partition coefficient (Wildman–Crippen LogP) is 2.65. The fourth-order valence-electron chi connectivity index (χ4n) is 1.82. The standard InChI is InChI=1S/C14H16ClN3O/c1-2-18(9-11-5-7-16-8-6-11)14-4-3-12(15)13(10-19)17-14/h3-8,19H,2,9-10H2,1H3. The van der Waals surface area contributed by atoms with Crippen LogP contribution in [0.2, 0.25) is 5.02 Å². The Bertz CT molecular complexity index is 533. The Morgan fingerprint density at radius 2 is 1.95 bits per heavy atom. The SMILES string of the molecule is CCN(Cc1ccncc1)c1ccc(Cl)c(CO)n1. The largest absolute Gasteiger partial charge is 0.390 e. The van der Waals surface area contributed by atoms with Gasteiger partial charge in [-0.25, -0.2) is 4.98 Å².